The predicted octanol–water partition coefficient (Wildman–Crippen LogP) is 1.92. The smallest absolute Gasteiger partial charge is 0.352 e. The van der Waals surface area contributed by atoms with E-state index in [2.05, 4.69) is 10.1 Å². The monoisotopic (exact) mass is 271 g/mol. The molecular weight excluding hydrogens is 254 g/mol. The molecule has 18 heavy (non-hydrogen) atoms. The van der Waals surface area contributed by atoms with Crippen LogP contribution in [0.5, 0.6) is 0 Å². The van der Waals surface area contributed by atoms with Crippen molar-refractivity contribution in [2.45, 2.75) is 32.8 Å². The molecule has 0 aliphatic heterocycles. The molecule has 0 amide bonds. The van der Waals surface area contributed by atoms with Gasteiger partial charge in [-0.1, -0.05) is 12.1 Å². The third-order valence-corrected chi connectivity index (χ3v) is 3.11. The van der Waals surface area contributed by atoms with Crippen molar-refractivity contribution in [3.63, 3.8) is 0 Å². The number of nitrogen functional groups attached to an aromatic ring is 1. The molecule has 1 unspecified atom stereocenters. The van der Waals surface area contributed by atoms with Crippen molar-refractivity contribution in [1.82, 2.24) is 4.98 Å². The average Bonchev–Trinajstić information content (AvgIpc) is 2.76. The molecule has 100 valence electrons. The lowest BCUT2D eigenvalue weighted by Crippen LogP contribution is -2.23. The fourth-order valence-electron chi connectivity index (χ4n) is 1.19. The molecule has 1 rings (SSSR count). The Morgan fingerprint density at radius 3 is 2.89 bits per heavy atom. The summed E-state index contributed by atoms with van der Waals surface area (Å²) >= 11 is 1.34. The van der Waals surface area contributed by atoms with Crippen LogP contribution in [-0.4, -0.2) is 23.8 Å². The number of aromatic nitrogens is 1. The molecule has 0 aromatic carbocycles. The van der Waals surface area contributed by atoms with Crippen molar-refractivity contribution in [1.29, 1.82) is 0 Å². The Labute approximate surface area is 110 Å². The van der Waals surface area contributed by atoms with Crippen molar-refractivity contribution in [3.8, 4) is 0 Å². The highest BCUT2D eigenvalue weighted by atomic mass is 32.1. The number of thiazole rings is 1. The molecule has 2 N–H and O–H groups in total. The van der Waals surface area contributed by atoms with Gasteiger partial charge in [-0.2, -0.15) is 0 Å². The highest BCUT2D eigenvalue weighted by Gasteiger charge is 2.30. The van der Waals surface area contributed by atoms with Gasteiger partial charge in [0.15, 0.2) is 16.9 Å². The molecule has 0 saturated carbocycles. The summed E-state index contributed by atoms with van der Waals surface area (Å²) < 4.78 is 4.70. The molecule has 6 nitrogen and oxygen atoms in total. The summed E-state index contributed by atoms with van der Waals surface area (Å²) in [7, 11) is 0. The van der Waals surface area contributed by atoms with Crippen LogP contribution in [0.4, 0.5) is 5.13 Å². The van der Waals surface area contributed by atoms with Gasteiger partial charge in [0.25, 0.3) is 0 Å². The zero-order chi connectivity index (χ0) is 13.6. The number of ether oxygens (including phenoxy) is 1. The molecule has 0 aliphatic carbocycles. The second kappa shape index (κ2) is 6.34. The van der Waals surface area contributed by atoms with Gasteiger partial charge in [-0.25, -0.2) is 9.78 Å². The summed E-state index contributed by atoms with van der Waals surface area (Å²) in [6, 6.07) is 0. The largest absolute Gasteiger partial charge is 0.462 e. The van der Waals surface area contributed by atoms with E-state index in [-0.39, 0.29) is 0 Å². The van der Waals surface area contributed by atoms with Gasteiger partial charge in [-0.3, -0.25) is 0 Å². The minimum atomic E-state index is -0.697. The maximum absolute atomic E-state index is 11.1. The van der Waals surface area contributed by atoms with Gasteiger partial charge in [-0.05, 0) is 20.3 Å². The fraction of sp³-hybridized carbons (Fsp3) is 0.545. The first-order valence-corrected chi connectivity index (χ1v) is 6.49. The third-order valence-electron chi connectivity index (χ3n) is 2.44. The SMILES string of the molecule is CCOC(=O)C=NOC(C)(CC)c1csc(N)n1. The number of carbonyl (C=O) groups excluding carboxylic acids is 1. The maximum atomic E-state index is 11.1. The first kappa shape index (κ1) is 14.4. The minimum Gasteiger partial charge on any atom is -0.462 e. The lowest BCUT2D eigenvalue weighted by molar-refractivity contribution is -0.134. The Hall–Kier alpha value is -1.63. The Kier molecular flexibility index (Phi) is 5.08. The van der Waals surface area contributed by atoms with Crippen LogP contribution in [0.3, 0.4) is 0 Å². The average molecular weight is 271 g/mol. The highest BCUT2D eigenvalue weighted by Crippen LogP contribution is 2.30. The molecule has 0 spiro atoms. The van der Waals surface area contributed by atoms with Crippen molar-refractivity contribution in [3.05, 3.63) is 11.1 Å². The van der Waals surface area contributed by atoms with Crippen LogP contribution in [0.15, 0.2) is 10.5 Å². The normalized spacial score (nSPS) is 14.4. The summed E-state index contributed by atoms with van der Waals surface area (Å²) in [6.07, 6.45) is 1.66. The Morgan fingerprint density at radius 1 is 1.67 bits per heavy atom. The van der Waals surface area contributed by atoms with Crippen molar-refractivity contribution < 1.29 is 14.4 Å². The number of anilines is 1. The Bertz CT molecular complexity index is 433. The second-order valence-electron chi connectivity index (χ2n) is 3.73. The predicted molar refractivity (Wildman–Crippen MR) is 70.4 cm³/mol. The summed E-state index contributed by atoms with van der Waals surface area (Å²) in [5.74, 6) is -0.534. The maximum Gasteiger partial charge on any atom is 0.352 e. The van der Waals surface area contributed by atoms with Gasteiger partial charge in [0.2, 0.25) is 0 Å². The summed E-state index contributed by atoms with van der Waals surface area (Å²) in [5.41, 5.74) is 5.59. The summed E-state index contributed by atoms with van der Waals surface area (Å²) in [4.78, 5) is 20.6. The van der Waals surface area contributed by atoms with Gasteiger partial charge in [0.1, 0.15) is 0 Å². The van der Waals surface area contributed by atoms with E-state index in [9.17, 15) is 4.79 Å². The van der Waals surface area contributed by atoms with Crippen molar-refractivity contribution in [2.75, 3.05) is 12.3 Å². The fourth-order valence-corrected chi connectivity index (χ4v) is 1.87. The van der Waals surface area contributed by atoms with E-state index in [1.165, 1.54) is 11.3 Å². The number of oxime groups is 1. The van der Waals surface area contributed by atoms with Crippen LogP contribution < -0.4 is 5.73 Å². The molecule has 0 fully saturated rings. The number of esters is 1. The third kappa shape index (κ3) is 3.69. The molecular formula is C11H17N3O3S. The Balaban J connectivity index is 2.69. The molecule has 0 saturated heterocycles. The van der Waals surface area contributed by atoms with Crippen LogP contribution in [0, 0.1) is 0 Å². The molecule has 0 bridgehead atoms. The van der Waals surface area contributed by atoms with Crippen molar-refractivity contribution >= 4 is 28.7 Å². The van der Waals surface area contributed by atoms with Gasteiger partial charge >= 0.3 is 5.97 Å². The first-order valence-electron chi connectivity index (χ1n) is 5.61. The molecule has 1 heterocycles. The standard InChI is InChI=1S/C11H17N3O3S/c1-4-11(3,8-7-18-10(12)14-8)17-13-6-9(15)16-5-2/h6-7H,4-5H2,1-3H3,(H2,12,14). The summed E-state index contributed by atoms with van der Waals surface area (Å²) in [5, 5.41) is 5.94. The topological polar surface area (TPSA) is 86.8 Å². The number of hydrogen-bond donors (Lipinski definition) is 1. The van der Waals surface area contributed by atoms with E-state index >= 15 is 0 Å². The van der Waals surface area contributed by atoms with Gasteiger partial charge in [-0.15, -0.1) is 11.3 Å². The molecule has 1 aromatic heterocycles. The first-order chi connectivity index (χ1) is 8.51. The zero-order valence-corrected chi connectivity index (χ0v) is 11.5. The van der Waals surface area contributed by atoms with E-state index in [0.717, 1.165) is 6.21 Å². The molecule has 7 heteroatoms. The quantitative estimate of drug-likeness (QED) is 0.485. The molecule has 1 aromatic rings. The van der Waals surface area contributed by atoms with Gasteiger partial charge in [0.05, 0.1) is 12.3 Å². The van der Waals surface area contributed by atoms with E-state index in [4.69, 9.17) is 15.3 Å². The Morgan fingerprint density at radius 2 is 2.39 bits per heavy atom. The van der Waals surface area contributed by atoms with Crippen LogP contribution in [0.25, 0.3) is 0 Å². The van der Waals surface area contributed by atoms with Crippen LogP contribution >= 0.6 is 11.3 Å². The number of carbonyl (C=O) groups is 1. The second-order valence-corrected chi connectivity index (χ2v) is 4.62. The van der Waals surface area contributed by atoms with Gasteiger partial charge < -0.3 is 15.3 Å². The molecule has 0 aliphatic rings. The lowest BCUT2D eigenvalue weighted by Gasteiger charge is -2.23. The van der Waals surface area contributed by atoms with Crippen LogP contribution in [-0.2, 0) is 20.0 Å². The van der Waals surface area contributed by atoms with E-state index in [0.29, 0.717) is 23.9 Å². The van der Waals surface area contributed by atoms with Gasteiger partial charge in [0, 0.05) is 5.38 Å². The van der Waals surface area contributed by atoms with E-state index in [1.54, 1.807) is 6.92 Å². The number of nitrogens with zero attached hydrogens (tertiary/aromatic N) is 2. The van der Waals surface area contributed by atoms with Crippen LogP contribution in [0.1, 0.15) is 32.9 Å². The number of nitrogens with two attached hydrogens (primary N) is 1. The molecule has 0 radical (unpaired) electrons. The zero-order valence-electron chi connectivity index (χ0n) is 10.7. The minimum absolute atomic E-state index is 0.304. The lowest BCUT2D eigenvalue weighted by atomic mass is 10.0. The summed E-state index contributed by atoms with van der Waals surface area (Å²) in [6.45, 7) is 5.80. The molecule has 1 atom stereocenters. The number of rotatable bonds is 6. The highest BCUT2D eigenvalue weighted by molar-refractivity contribution is 7.13. The van der Waals surface area contributed by atoms with E-state index < -0.39 is 11.6 Å². The van der Waals surface area contributed by atoms with Crippen molar-refractivity contribution in [2.24, 2.45) is 5.16 Å². The van der Waals surface area contributed by atoms with E-state index in [1.807, 2.05) is 19.2 Å². The number of hydrogen-bond acceptors (Lipinski definition) is 7. The van der Waals surface area contributed by atoms with Crippen LogP contribution in [0.2, 0.25) is 0 Å².